The van der Waals surface area contributed by atoms with E-state index in [1.807, 2.05) is 49.7 Å². The molecule has 152 valence electrons. The van der Waals surface area contributed by atoms with Gasteiger partial charge in [-0.1, -0.05) is 17.7 Å². The van der Waals surface area contributed by atoms with Crippen LogP contribution in [0.25, 0.3) is 5.69 Å². The minimum absolute atomic E-state index is 0.150. The summed E-state index contributed by atoms with van der Waals surface area (Å²) in [6, 6.07) is 11.8. The summed E-state index contributed by atoms with van der Waals surface area (Å²) < 4.78 is 20.4. The number of aryl methyl sites for hydroxylation is 1. The fraction of sp³-hybridized carbons (Fsp3) is 0.273. The van der Waals surface area contributed by atoms with E-state index < -0.39 is 5.82 Å². The van der Waals surface area contributed by atoms with E-state index >= 15 is 0 Å². The molecule has 1 amide bonds. The standard InChI is InChI=1S/C22H23ClFN3O2/c1-4-29-19-9-7-18(8-10-19)27-15(3)20(14(2)26-27)12-22(28)25-13-16-5-6-17(24)11-21(16)23/h5-11H,4,12-13H2,1-3H3,(H,25,28). The lowest BCUT2D eigenvalue weighted by Gasteiger charge is -2.09. The first-order valence-corrected chi connectivity index (χ1v) is 9.75. The quantitative estimate of drug-likeness (QED) is 0.616. The SMILES string of the molecule is CCOc1ccc(-n2nc(C)c(CC(=O)NCc3ccc(F)cc3Cl)c2C)cc1. The topological polar surface area (TPSA) is 56.2 Å². The number of aromatic nitrogens is 2. The molecule has 0 aliphatic heterocycles. The summed E-state index contributed by atoms with van der Waals surface area (Å²) in [6.07, 6.45) is 0.202. The van der Waals surface area contributed by atoms with Crippen LogP contribution in [0.15, 0.2) is 42.5 Å². The van der Waals surface area contributed by atoms with Crippen LogP contribution in [0.4, 0.5) is 4.39 Å². The maximum Gasteiger partial charge on any atom is 0.224 e. The summed E-state index contributed by atoms with van der Waals surface area (Å²) in [4.78, 5) is 12.4. The van der Waals surface area contributed by atoms with Gasteiger partial charge in [0.25, 0.3) is 0 Å². The zero-order valence-corrected chi connectivity index (χ0v) is 17.4. The predicted octanol–water partition coefficient (Wildman–Crippen LogP) is 4.54. The smallest absolute Gasteiger partial charge is 0.224 e. The lowest BCUT2D eigenvalue weighted by atomic mass is 10.1. The number of nitrogens with one attached hydrogen (secondary N) is 1. The van der Waals surface area contributed by atoms with E-state index in [1.165, 1.54) is 12.1 Å². The molecule has 1 aromatic heterocycles. The number of hydrogen-bond donors (Lipinski definition) is 1. The van der Waals surface area contributed by atoms with Crippen molar-refractivity contribution in [3.8, 4) is 11.4 Å². The van der Waals surface area contributed by atoms with Crippen molar-refractivity contribution in [3.05, 3.63) is 75.8 Å². The van der Waals surface area contributed by atoms with Gasteiger partial charge in [-0.2, -0.15) is 5.10 Å². The Bertz CT molecular complexity index is 1020. The fourth-order valence-electron chi connectivity index (χ4n) is 3.11. The molecule has 3 rings (SSSR count). The van der Waals surface area contributed by atoms with Crippen LogP contribution in [0.5, 0.6) is 5.75 Å². The maximum absolute atomic E-state index is 13.1. The van der Waals surface area contributed by atoms with Crippen LogP contribution in [0.1, 0.15) is 29.4 Å². The second kappa shape index (κ2) is 9.09. The molecule has 3 aromatic rings. The van der Waals surface area contributed by atoms with E-state index in [-0.39, 0.29) is 18.9 Å². The van der Waals surface area contributed by atoms with Crippen molar-refractivity contribution in [3.63, 3.8) is 0 Å². The minimum atomic E-state index is -0.405. The van der Waals surface area contributed by atoms with Gasteiger partial charge in [-0.3, -0.25) is 4.79 Å². The number of rotatable bonds is 7. The van der Waals surface area contributed by atoms with Gasteiger partial charge < -0.3 is 10.1 Å². The zero-order valence-electron chi connectivity index (χ0n) is 16.6. The molecule has 0 aliphatic rings. The van der Waals surface area contributed by atoms with Crippen LogP contribution < -0.4 is 10.1 Å². The molecule has 1 N–H and O–H groups in total. The summed E-state index contributed by atoms with van der Waals surface area (Å²) in [6.45, 7) is 6.62. The highest BCUT2D eigenvalue weighted by Gasteiger charge is 2.16. The predicted molar refractivity (Wildman–Crippen MR) is 111 cm³/mol. The third kappa shape index (κ3) is 4.95. The van der Waals surface area contributed by atoms with Crippen molar-refractivity contribution in [2.24, 2.45) is 0 Å². The van der Waals surface area contributed by atoms with Crippen LogP contribution in [0.2, 0.25) is 5.02 Å². The number of amides is 1. The average molecular weight is 416 g/mol. The number of nitrogens with zero attached hydrogens (tertiary/aromatic N) is 2. The van der Waals surface area contributed by atoms with E-state index in [0.29, 0.717) is 17.2 Å². The Morgan fingerprint density at radius 3 is 2.59 bits per heavy atom. The van der Waals surface area contributed by atoms with E-state index in [1.54, 1.807) is 6.07 Å². The van der Waals surface area contributed by atoms with E-state index in [2.05, 4.69) is 10.4 Å². The largest absolute Gasteiger partial charge is 0.494 e. The summed E-state index contributed by atoms with van der Waals surface area (Å²) in [5.41, 5.74) is 4.15. The van der Waals surface area contributed by atoms with Crippen LogP contribution in [0.3, 0.4) is 0 Å². The molecule has 0 unspecified atom stereocenters. The molecular weight excluding hydrogens is 393 g/mol. The zero-order chi connectivity index (χ0) is 21.0. The van der Waals surface area contributed by atoms with Crippen LogP contribution >= 0.6 is 11.6 Å². The third-order valence-electron chi connectivity index (χ3n) is 4.66. The number of carbonyl (C=O) groups is 1. The Balaban J connectivity index is 1.70. The van der Waals surface area contributed by atoms with Gasteiger partial charge in [0.1, 0.15) is 11.6 Å². The van der Waals surface area contributed by atoms with Crippen molar-refractivity contribution in [1.82, 2.24) is 15.1 Å². The lowest BCUT2D eigenvalue weighted by Crippen LogP contribution is -2.25. The Morgan fingerprint density at radius 2 is 1.93 bits per heavy atom. The van der Waals surface area contributed by atoms with E-state index in [4.69, 9.17) is 16.3 Å². The molecule has 1 heterocycles. The van der Waals surface area contributed by atoms with Crippen molar-refractivity contribution >= 4 is 17.5 Å². The molecule has 5 nitrogen and oxygen atoms in total. The number of ether oxygens (including phenoxy) is 1. The molecular formula is C22H23ClFN3O2. The first-order chi connectivity index (χ1) is 13.9. The average Bonchev–Trinajstić information content (AvgIpc) is 2.96. The van der Waals surface area contributed by atoms with Crippen molar-refractivity contribution < 1.29 is 13.9 Å². The number of carbonyl (C=O) groups excluding carboxylic acids is 1. The first kappa shape index (κ1) is 20.9. The van der Waals surface area contributed by atoms with Crippen molar-refractivity contribution in [2.75, 3.05) is 6.61 Å². The van der Waals surface area contributed by atoms with Crippen LogP contribution in [-0.2, 0) is 17.8 Å². The van der Waals surface area contributed by atoms with Gasteiger partial charge in [0.2, 0.25) is 5.91 Å². The Hall–Kier alpha value is -2.86. The van der Waals surface area contributed by atoms with E-state index in [9.17, 15) is 9.18 Å². The fourth-order valence-corrected chi connectivity index (χ4v) is 3.35. The minimum Gasteiger partial charge on any atom is -0.494 e. The van der Waals surface area contributed by atoms with Crippen molar-refractivity contribution in [2.45, 2.75) is 33.7 Å². The number of halogens is 2. The monoisotopic (exact) mass is 415 g/mol. The highest BCUT2D eigenvalue weighted by Crippen LogP contribution is 2.21. The van der Waals surface area contributed by atoms with Crippen LogP contribution in [-0.4, -0.2) is 22.3 Å². The van der Waals surface area contributed by atoms with Crippen molar-refractivity contribution in [1.29, 1.82) is 0 Å². The lowest BCUT2D eigenvalue weighted by molar-refractivity contribution is -0.120. The summed E-state index contributed by atoms with van der Waals surface area (Å²) in [5.74, 6) is 0.248. The normalized spacial score (nSPS) is 10.8. The Labute approximate surface area is 174 Å². The van der Waals surface area contributed by atoms with E-state index in [0.717, 1.165) is 28.4 Å². The van der Waals surface area contributed by atoms with Gasteiger partial charge in [-0.05, 0) is 62.7 Å². The second-order valence-corrected chi connectivity index (χ2v) is 7.08. The van der Waals surface area contributed by atoms with Gasteiger partial charge in [0.05, 0.1) is 24.4 Å². The molecule has 0 spiro atoms. The molecule has 0 atom stereocenters. The molecule has 0 fully saturated rings. The third-order valence-corrected chi connectivity index (χ3v) is 5.01. The summed E-state index contributed by atoms with van der Waals surface area (Å²) in [7, 11) is 0. The number of hydrogen-bond acceptors (Lipinski definition) is 3. The first-order valence-electron chi connectivity index (χ1n) is 9.38. The van der Waals surface area contributed by atoms with Gasteiger partial charge in [0.15, 0.2) is 0 Å². The van der Waals surface area contributed by atoms with Crippen LogP contribution in [0, 0.1) is 19.7 Å². The highest BCUT2D eigenvalue weighted by atomic mass is 35.5. The molecule has 2 aromatic carbocycles. The van der Waals surface area contributed by atoms with Gasteiger partial charge in [-0.25, -0.2) is 9.07 Å². The molecule has 0 radical (unpaired) electrons. The summed E-state index contributed by atoms with van der Waals surface area (Å²) >= 11 is 6.01. The molecule has 0 saturated carbocycles. The molecule has 0 bridgehead atoms. The molecule has 29 heavy (non-hydrogen) atoms. The Kier molecular flexibility index (Phi) is 6.54. The summed E-state index contributed by atoms with van der Waals surface area (Å²) in [5, 5.41) is 7.71. The van der Waals surface area contributed by atoms with Gasteiger partial charge in [-0.15, -0.1) is 0 Å². The highest BCUT2D eigenvalue weighted by molar-refractivity contribution is 6.31. The molecule has 0 saturated heterocycles. The molecule has 0 aliphatic carbocycles. The second-order valence-electron chi connectivity index (χ2n) is 6.68. The molecule has 7 heteroatoms. The van der Waals surface area contributed by atoms with Gasteiger partial charge >= 0.3 is 0 Å². The van der Waals surface area contributed by atoms with Gasteiger partial charge in [0, 0.05) is 22.8 Å². The Morgan fingerprint density at radius 1 is 1.21 bits per heavy atom. The number of benzene rings is 2. The maximum atomic E-state index is 13.1.